The van der Waals surface area contributed by atoms with E-state index in [0.717, 1.165) is 31.8 Å². The minimum atomic E-state index is -0.515. The predicted molar refractivity (Wildman–Crippen MR) is 156 cm³/mol. The highest BCUT2D eigenvalue weighted by Crippen LogP contribution is 2.42. The zero-order valence-corrected chi connectivity index (χ0v) is 23.5. The largest absolute Gasteiger partial charge is 0.490 e. The van der Waals surface area contributed by atoms with E-state index in [1.165, 1.54) is 11.3 Å². The van der Waals surface area contributed by atoms with Crippen molar-refractivity contribution in [2.45, 2.75) is 33.0 Å². The summed E-state index contributed by atoms with van der Waals surface area (Å²) in [6.45, 7) is 5.24. The Hall–Kier alpha value is -4.57. The molecule has 9 nitrogen and oxygen atoms in total. The van der Waals surface area contributed by atoms with Gasteiger partial charge >= 0.3 is 12.1 Å². The Bertz CT molecular complexity index is 1660. The zero-order chi connectivity index (χ0) is 28.5. The van der Waals surface area contributed by atoms with E-state index in [9.17, 15) is 14.4 Å². The van der Waals surface area contributed by atoms with Gasteiger partial charge in [-0.2, -0.15) is 0 Å². The Labute approximate surface area is 241 Å². The molecule has 0 saturated carbocycles. The summed E-state index contributed by atoms with van der Waals surface area (Å²) in [5.41, 5.74) is 2.82. The van der Waals surface area contributed by atoms with Crippen molar-refractivity contribution in [2.24, 2.45) is 0 Å². The van der Waals surface area contributed by atoms with Crippen molar-refractivity contribution < 1.29 is 28.6 Å². The van der Waals surface area contributed by atoms with Gasteiger partial charge in [0.05, 0.1) is 30.9 Å². The number of fused-ring (bicyclic) bond motifs is 4. The molecule has 0 saturated heterocycles. The number of hydrogen-bond acceptors (Lipinski definition) is 8. The molecule has 210 valence electrons. The summed E-state index contributed by atoms with van der Waals surface area (Å²) < 4.78 is 16.8. The molecular weight excluding hydrogens is 542 g/mol. The van der Waals surface area contributed by atoms with Gasteiger partial charge in [-0.1, -0.05) is 42.5 Å². The number of hydrogen-bond donors (Lipinski definition) is 2. The van der Waals surface area contributed by atoms with E-state index in [4.69, 9.17) is 14.2 Å². The number of nitrogens with zero attached hydrogens (tertiary/aromatic N) is 1. The maximum atomic E-state index is 13.3. The van der Waals surface area contributed by atoms with Crippen molar-refractivity contribution in [3.63, 3.8) is 0 Å². The van der Waals surface area contributed by atoms with Crippen LogP contribution in [0.2, 0.25) is 0 Å². The topological polar surface area (TPSA) is 106 Å². The number of anilines is 1. The Morgan fingerprint density at radius 2 is 1.83 bits per heavy atom. The second-order valence-electron chi connectivity index (χ2n) is 9.68. The van der Waals surface area contributed by atoms with Crippen molar-refractivity contribution >= 4 is 45.1 Å². The number of carbonyl (C=O) groups excluding carboxylic acids is 3. The van der Waals surface area contributed by atoms with Crippen LogP contribution in [0.15, 0.2) is 60.7 Å². The molecule has 0 radical (unpaired) electrons. The second kappa shape index (κ2) is 11.1. The summed E-state index contributed by atoms with van der Waals surface area (Å²) in [5, 5.41) is 9.00. The second-order valence-corrected chi connectivity index (χ2v) is 10.8. The van der Waals surface area contributed by atoms with Crippen LogP contribution in [0.4, 0.5) is 9.80 Å². The van der Waals surface area contributed by atoms with Crippen LogP contribution in [0.1, 0.15) is 56.7 Å². The molecule has 10 heteroatoms. The molecule has 2 aliphatic rings. The van der Waals surface area contributed by atoms with Gasteiger partial charge in [0.25, 0.3) is 5.91 Å². The van der Waals surface area contributed by atoms with Crippen molar-refractivity contribution in [3.8, 4) is 11.5 Å². The number of thiophene rings is 1. The maximum absolute atomic E-state index is 13.3. The highest BCUT2D eigenvalue weighted by atomic mass is 32.1. The quantitative estimate of drug-likeness (QED) is 0.220. The Morgan fingerprint density at radius 1 is 1.00 bits per heavy atom. The van der Waals surface area contributed by atoms with Crippen LogP contribution in [0, 0.1) is 0 Å². The summed E-state index contributed by atoms with van der Waals surface area (Å²) in [6.07, 6.45) is -0.270. The van der Waals surface area contributed by atoms with E-state index >= 15 is 0 Å². The third kappa shape index (κ3) is 5.06. The molecule has 0 unspecified atom stereocenters. The summed E-state index contributed by atoms with van der Waals surface area (Å²) >= 11 is 1.48. The van der Waals surface area contributed by atoms with Crippen molar-refractivity contribution in [2.75, 3.05) is 25.1 Å². The number of nitrogens with one attached hydrogen (secondary N) is 2. The van der Waals surface area contributed by atoms with Crippen LogP contribution in [0.25, 0.3) is 10.8 Å². The van der Waals surface area contributed by atoms with Gasteiger partial charge in [-0.15, -0.1) is 11.3 Å². The standard InChI is InChI=1S/C31H29N3O6S/c1-3-38-24-16-19(12-13-23(24)40-30(36)21-11-7-9-18-8-5-6-10-20(18)21)27-32-28(35)26-22-14-15-34(31(37)39-4-2)17-25(22)41-29(26)33-27/h5-13,16,27,33H,3-4,14-15,17H2,1-2H3,(H,32,35)/t27-/m1/s1. The first-order valence-corrected chi connectivity index (χ1v) is 14.4. The Balaban J connectivity index is 1.24. The predicted octanol–water partition coefficient (Wildman–Crippen LogP) is 5.89. The van der Waals surface area contributed by atoms with Crippen molar-refractivity contribution in [1.29, 1.82) is 0 Å². The van der Waals surface area contributed by atoms with E-state index < -0.39 is 12.1 Å². The number of carbonyl (C=O) groups is 3. The third-order valence-corrected chi connectivity index (χ3v) is 8.32. The summed E-state index contributed by atoms with van der Waals surface area (Å²) in [4.78, 5) is 41.3. The van der Waals surface area contributed by atoms with Crippen LogP contribution in [-0.4, -0.2) is 42.6 Å². The van der Waals surface area contributed by atoms with Gasteiger partial charge in [-0.3, -0.25) is 4.79 Å². The minimum Gasteiger partial charge on any atom is -0.490 e. The lowest BCUT2D eigenvalue weighted by molar-refractivity contribution is 0.0730. The molecule has 2 N–H and O–H groups in total. The van der Waals surface area contributed by atoms with Crippen LogP contribution >= 0.6 is 11.3 Å². The number of esters is 1. The molecule has 2 amide bonds. The van der Waals surface area contributed by atoms with E-state index in [2.05, 4.69) is 10.6 Å². The molecule has 0 bridgehead atoms. The van der Waals surface area contributed by atoms with E-state index in [1.807, 2.05) is 43.3 Å². The van der Waals surface area contributed by atoms with Gasteiger partial charge in [-0.05, 0) is 60.4 Å². The van der Waals surface area contributed by atoms with Crippen LogP contribution in [-0.2, 0) is 17.7 Å². The van der Waals surface area contributed by atoms with E-state index in [0.29, 0.717) is 55.4 Å². The maximum Gasteiger partial charge on any atom is 0.410 e. The number of ether oxygens (including phenoxy) is 3. The fourth-order valence-corrected chi connectivity index (χ4v) is 6.56. The normalized spacial score (nSPS) is 15.8. The molecule has 1 aromatic heterocycles. The van der Waals surface area contributed by atoms with Crippen molar-refractivity contribution in [1.82, 2.24) is 10.2 Å². The van der Waals surface area contributed by atoms with Gasteiger partial charge in [-0.25, -0.2) is 9.59 Å². The Kier molecular flexibility index (Phi) is 7.23. The molecule has 0 fully saturated rings. The number of benzene rings is 3. The molecule has 1 atom stereocenters. The molecule has 0 spiro atoms. The smallest absolute Gasteiger partial charge is 0.410 e. The molecule has 3 aromatic carbocycles. The summed E-state index contributed by atoms with van der Waals surface area (Å²) in [6, 6.07) is 18.4. The molecule has 2 aliphatic heterocycles. The average Bonchev–Trinajstić information content (AvgIpc) is 3.36. The fraction of sp³-hybridized carbons (Fsp3) is 0.258. The van der Waals surface area contributed by atoms with Crippen LogP contribution in [0.3, 0.4) is 0 Å². The molecule has 3 heterocycles. The van der Waals surface area contributed by atoms with Crippen LogP contribution in [0.5, 0.6) is 11.5 Å². The highest BCUT2D eigenvalue weighted by Gasteiger charge is 2.35. The lowest BCUT2D eigenvalue weighted by atomic mass is 10.0. The van der Waals surface area contributed by atoms with Crippen LogP contribution < -0.4 is 20.1 Å². The molecular formula is C31H29N3O6S. The Morgan fingerprint density at radius 3 is 2.66 bits per heavy atom. The van der Waals surface area contributed by atoms with Gasteiger partial charge in [0, 0.05) is 11.4 Å². The lowest BCUT2D eigenvalue weighted by Crippen LogP contribution is -2.39. The SMILES string of the molecule is CCOC(=O)N1CCc2c(sc3c2C(=O)N[C@@H](c2ccc(OC(=O)c4cccc5ccccc45)c(OCC)c2)N3)C1. The molecule has 6 rings (SSSR count). The first kappa shape index (κ1) is 26.6. The van der Waals surface area contributed by atoms with Gasteiger partial charge < -0.3 is 29.7 Å². The van der Waals surface area contributed by atoms with Crippen molar-refractivity contribution in [3.05, 3.63) is 87.8 Å². The number of amides is 2. The van der Waals surface area contributed by atoms with E-state index in [-0.39, 0.29) is 12.0 Å². The minimum absolute atomic E-state index is 0.171. The van der Waals surface area contributed by atoms with Gasteiger partial charge in [0.2, 0.25) is 0 Å². The number of rotatable bonds is 6. The highest BCUT2D eigenvalue weighted by molar-refractivity contribution is 7.16. The fourth-order valence-electron chi connectivity index (χ4n) is 5.27. The first-order chi connectivity index (χ1) is 20.0. The summed E-state index contributed by atoms with van der Waals surface area (Å²) in [7, 11) is 0. The third-order valence-electron chi connectivity index (χ3n) is 7.17. The molecule has 41 heavy (non-hydrogen) atoms. The molecule has 4 aromatic rings. The monoisotopic (exact) mass is 571 g/mol. The molecule has 0 aliphatic carbocycles. The zero-order valence-electron chi connectivity index (χ0n) is 22.7. The van der Waals surface area contributed by atoms with E-state index in [1.54, 1.807) is 36.1 Å². The summed E-state index contributed by atoms with van der Waals surface area (Å²) in [5.74, 6) is 0.0403. The van der Waals surface area contributed by atoms with Gasteiger partial charge in [0.1, 0.15) is 11.2 Å². The van der Waals surface area contributed by atoms with Gasteiger partial charge in [0.15, 0.2) is 11.5 Å². The lowest BCUT2D eigenvalue weighted by Gasteiger charge is -2.28. The average molecular weight is 572 g/mol. The first-order valence-electron chi connectivity index (χ1n) is 13.6.